The van der Waals surface area contributed by atoms with E-state index in [1.165, 1.54) is 0 Å². The van der Waals surface area contributed by atoms with Crippen LogP contribution in [0.5, 0.6) is 0 Å². The average Bonchev–Trinajstić information content (AvgIpc) is 2.80. The Bertz CT molecular complexity index is 521. The zero-order valence-corrected chi connectivity index (χ0v) is 12.1. The highest BCUT2D eigenvalue weighted by atomic mass is 35.5. The minimum atomic E-state index is -0.636. The lowest BCUT2D eigenvalue weighted by atomic mass is 10.1. The Labute approximate surface area is 123 Å². The van der Waals surface area contributed by atoms with Crippen molar-refractivity contribution in [3.63, 3.8) is 0 Å². The number of carbonyl (C=O) groups excluding carboxylic acids is 2. The second-order valence-corrected chi connectivity index (χ2v) is 5.39. The molecule has 2 amide bonds. The number of nitrogens with one attached hydrogen (secondary N) is 1. The van der Waals surface area contributed by atoms with Crippen molar-refractivity contribution in [2.24, 2.45) is 11.7 Å². The topological polar surface area (TPSA) is 75.4 Å². The fourth-order valence-corrected chi connectivity index (χ4v) is 2.41. The van der Waals surface area contributed by atoms with Crippen LogP contribution in [0.3, 0.4) is 0 Å². The van der Waals surface area contributed by atoms with Gasteiger partial charge in [-0.1, -0.05) is 17.7 Å². The van der Waals surface area contributed by atoms with Crippen molar-refractivity contribution in [3.8, 4) is 0 Å². The number of nitrogens with two attached hydrogens (primary N) is 1. The van der Waals surface area contributed by atoms with Crippen LogP contribution in [-0.2, 0) is 9.59 Å². The summed E-state index contributed by atoms with van der Waals surface area (Å²) in [4.78, 5) is 25.9. The van der Waals surface area contributed by atoms with Gasteiger partial charge in [-0.15, -0.1) is 0 Å². The number of rotatable bonds is 4. The van der Waals surface area contributed by atoms with Crippen molar-refractivity contribution in [2.45, 2.75) is 19.4 Å². The molecule has 1 aromatic carbocycles. The normalized spacial score (nSPS) is 20.1. The van der Waals surface area contributed by atoms with Crippen molar-refractivity contribution in [1.29, 1.82) is 0 Å². The molecule has 5 nitrogen and oxygen atoms in total. The minimum absolute atomic E-state index is 0.129. The molecule has 1 aliphatic rings. The van der Waals surface area contributed by atoms with Gasteiger partial charge in [-0.3, -0.25) is 9.59 Å². The predicted molar refractivity (Wildman–Crippen MR) is 78.6 cm³/mol. The Balaban J connectivity index is 2.08. The van der Waals surface area contributed by atoms with Gasteiger partial charge < -0.3 is 16.0 Å². The van der Waals surface area contributed by atoms with Gasteiger partial charge in [-0.2, -0.15) is 0 Å². The number of carbonyl (C=O) groups is 2. The van der Waals surface area contributed by atoms with Gasteiger partial charge in [0.2, 0.25) is 11.8 Å². The summed E-state index contributed by atoms with van der Waals surface area (Å²) in [5, 5.41) is 3.32. The summed E-state index contributed by atoms with van der Waals surface area (Å²) in [6.07, 6.45) is 0.508. The molecule has 0 saturated carbocycles. The summed E-state index contributed by atoms with van der Waals surface area (Å²) in [5.41, 5.74) is 6.19. The molecule has 1 aliphatic heterocycles. The summed E-state index contributed by atoms with van der Waals surface area (Å²) in [6, 6.07) is 6.94. The largest absolute Gasteiger partial charge is 0.352 e. The lowest BCUT2D eigenvalue weighted by Gasteiger charge is -2.18. The highest BCUT2D eigenvalue weighted by molar-refractivity contribution is 6.31. The van der Waals surface area contributed by atoms with Gasteiger partial charge in [0, 0.05) is 29.8 Å². The first-order chi connectivity index (χ1) is 9.52. The number of amides is 2. The van der Waals surface area contributed by atoms with Crippen LogP contribution in [0.4, 0.5) is 5.69 Å². The van der Waals surface area contributed by atoms with Crippen LogP contribution < -0.4 is 16.0 Å². The monoisotopic (exact) mass is 295 g/mol. The van der Waals surface area contributed by atoms with E-state index in [-0.39, 0.29) is 17.9 Å². The van der Waals surface area contributed by atoms with E-state index in [4.69, 9.17) is 17.3 Å². The molecule has 1 saturated heterocycles. The predicted octanol–water partition coefficient (Wildman–Crippen LogP) is 1.16. The van der Waals surface area contributed by atoms with Gasteiger partial charge in [-0.05, 0) is 31.5 Å². The third-order valence-electron chi connectivity index (χ3n) is 3.38. The van der Waals surface area contributed by atoms with E-state index >= 15 is 0 Å². The lowest BCUT2D eigenvalue weighted by molar-refractivity contribution is -0.132. The van der Waals surface area contributed by atoms with Gasteiger partial charge in [0.1, 0.15) is 5.92 Å². The lowest BCUT2D eigenvalue weighted by Crippen LogP contribution is -2.43. The third-order valence-corrected chi connectivity index (χ3v) is 3.62. The zero-order chi connectivity index (χ0) is 14.7. The first kappa shape index (κ1) is 14.8. The zero-order valence-electron chi connectivity index (χ0n) is 11.3. The average molecular weight is 296 g/mol. The van der Waals surface area contributed by atoms with Crippen molar-refractivity contribution < 1.29 is 9.59 Å². The Morgan fingerprint density at radius 1 is 1.60 bits per heavy atom. The van der Waals surface area contributed by atoms with E-state index in [1.807, 2.05) is 13.0 Å². The molecule has 0 bridgehead atoms. The molecule has 6 heteroatoms. The van der Waals surface area contributed by atoms with Crippen LogP contribution in [0.15, 0.2) is 24.3 Å². The summed E-state index contributed by atoms with van der Waals surface area (Å²) in [6.45, 7) is 2.69. The van der Waals surface area contributed by atoms with Crippen molar-refractivity contribution in [1.82, 2.24) is 5.32 Å². The van der Waals surface area contributed by atoms with E-state index in [0.29, 0.717) is 24.5 Å². The first-order valence-corrected chi connectivity index (χ1v) is 6.98. The molecule has 1 heterocycles. The van der Waals surface area contributed by atoms with Crippen LogP contribution in [0.25, 0.3) is 0 Å². The molecular weight excluding hydrogens is 278 g/mol. The number of nitrogens with zero attached hydrogens (tertiary/aromatic N) is 1. The number of anilines is 1. The van der Waals surface area contributed by atoms with E-state index < -0.39 is 5.92 Å². The Morgan fingerprint density at radius 3 is 3.00 bits per heavy atom. The molecular formula is C14H18ClN3O2. The quantitative estimate of drug-likeness (QED) is 0.819. The number of hydrogen-bond acceptors (Lipinski definition) is 3. The van der Waals surface area contributed by atoms with Gasteiger partial charge in [-0.25, -0.2) is 0 Å². The number of halogens is 1. The molecule has 20 heavy (non-hydrogen) atoms. The van der Waals surface area contributed by atoms with Crippen LogP contribution in [-0.4, -0.2) is 30.9 Å². The smallest absolute Gasteiger partial charge is 0.239 e. The maximum atomic E-state index is 12.3. The molecule has 3 N–H and O–H groups in total. The molecule has 108 valence electrons. The maximum absolute atomic E-state index is 12.3. The molecule has 2 rings (SSSR count). The number of benzene rings is 1. The molecule has 1 fully saturated rings. The summed E-state index contributed by atoms with van der Waals surface area (Å²) >= 11 is 5.93. The SMILES string of the molecule is C[C@@H](CN)NC(=O)C1CCN(c2cccc(Cl)c2)C1=O. The first-order valence-electron chi connectivity index (χ1n) is 6.60. The second kappa shape index (κ2) is 6.24. The molecule has 1 unspecified atom stereocenters. The van der Waals surface area contributed by atoms with Gasteiger partial charge in [0.05, 0.1) is 0 Å². The highest BCUT2D eigenvalue weighted by Gasteiger charge is 2.37. The summed E-state index contributed by atoms with van der Waals surface area (Å²) in [5.74, 6) is -1.07. The van der Waals surface area contributed by atoms with Crippen LogP contribution in [0.1, 0.15) is 13.3 Å². The molecule has 0 aromatic heterocycles. The fourth-order valence-electron chi connectivity index (χ4n) is 2.23. The van der Waals surface area contributed by atoms with Crippen LogP contribution >= 0.6 is 11.6 Å². The summed E-state index contributed by atoms with van der Waals surface area (Å²) in [7, 11) is 0. The Kier molecular flexibility index (Phi) is 4.62. The molecule has 2 atom stereocenters. The van der Waals surface area contributed by atoms with Gasteiger partial charge >= 0.3 is 0 Å². The standard InChI is InChI=1S/C14H18ClN3O2/c1-9(8-16)17-13(19)12-5-6-18(14(12)20)11-4-2-3-10(15)7-11/h2-4,7,9,12H,5-6,8,16H2,1H3,(H,17,19)/t9-,12?/m0/s1. The molecule has 1 aromatic rings. The van der Waals surface area contributed by atoms with Gasteiger partial charge in [0.25, 0.3) is 0 Å². The fraction of sp³-hybridized carbons (Fsp3) is 0.429. The summed E-state index contributed by atoms with van der Waals surface area (Å²) < 4.78 is 0. The molecule has 0 aliphatic carbocycles. The minimum Gasteiger partial charge on any atom is -0.352 e. The number of hydrogen-bond donors (Lipinski definition) is 2. The van der Waals surface area contributed by atoms with Crippen LogP contribution in [0, 0.1) is 5.92 Å². The third kappa shape index (κ3) is 3.11. The van der Waals surface area contributed by atoms with Crippen LogP contribution in [0.2, 0.25) is 5.02 Å². The van der Waals surface area contributed by atoms with Crippen molar-refractivity contribution in [3.05, 3.63) is 29.3 Å². The van der Waals surface area contributed by atoms with E-state index in [0.717, 1.165) is 5.69 Å². The maximum Gasteiger partial charge on any atom is 0.239 e. The molecule has 0 spiro atoms. The van der Waals surface area contributed by atoms with E-state index in [2.05, 4.69) is 5.32 Å². The second-order valence-electron chi connectivity index (χ2n) is 4.96. The van der Waals surface area contributed by atoms with Crippen molar-refractivity contribution in [2.75, 3.05) is 18.0 Å². The Morgan fingerprint density at radius 2 is 2.35 bits per heavy atom. The van der Waals surface area contributed by atoms with Gasteiger partial charge in [0.15, 0.2) is 0 Å². The Hall–Kier alpha value is -1.59. The molecule has 0 radical (unpaired) electrons. The van der Waals surface area contributed by atoms with Crippen molar-refractivity contribution >= 4 is 29.1 Å². The van der Waals surface area contributed by atoms with E-state index in [1.54, 1.807) is 23.1 Å². The highest BCUT2D eigenvalue weighted by Crippen LogP contribution is 2.27. The van der Waals surface area contributed by atoms with E-state index in [9.17, 15) is 9.59 Å².